The molecule has 0 aliphatic carbocycles. The van der Waals surface area contributed by atoms with Crippen molar-refractivity contribution in [2.45, 2.75) is 26.4 Å². The zero-order chi connectivity index (χ0) is 18.9. The number of nitrogens with one attached hydrogen (secondary N) is 2. The van der Waals surface area contributed by atoms with Crippen molar-refractivity contribution in [3.05, 3.63) is 54.1 Å². The molecule has 0 aromatic heterocycles. The summed E-state index contributed by atoms with van der Waals surface area (Å²) in [7, 11) is 1.60. The molecule has 0 heterocycles. The Morgan fingerprint density at radius 2 is 1.62 bits per heavy atom. The summed E-state index contributed by atoms with van der Waals surface area (Å²) in [4.78, 5) is 24.1. The Morgan fingerprint density at radius 3 is 2.31 bits per heavy atom. The van der Waals surface area contributed by atoms with E-state index < -0.39 is 11.8 Å². The summed E-state index contributed by atoms with van der Waals surface area (Å²) in [6.07, 6.45) is 0.526. The highest BCUT2D eigenvalue weighted by molar-refractivity contribution is 6.39. The molecule has 6 heteroatoms. The lowest BCUT2D eigenvalue weighted by Gasteiger charge is -2.14. The van der Waals surface area contributed by atoms with Gasteiger partial charge in [-0.05, 0) is 44.0 Å². The van der Waals surface area contributed by atoms with Gasteiger partial charge < -0.3 is 20.1 Å². The summed E-state index contributed by atoms with van der Waals surface area (Å²) < 4.78 is 10.9. The fourth-order valence-electron chi connectivity index (χ4n) is 2.41. The number of methoxy groups -OCH3 is 1. The van der Waals surface area contributed by atoms with E-state index in [1.807, 2.05) is 38.1 Å². The normalized spacial score (nSPS) is 10.3. The minimum atomic E-state index is -0.732. The zero-order valence-electron chi connectivity index (χ0n) is 15.2. The quantitative estimate of drug-likeness (QED) is 0.748. The number of carbonyl (C=O) groups excluding carboxylic acids is 2. The topological polar surface area (TPSA) is 76.7 Å². The number of anilines is 1. The molecule has 0 fully saturated rings. The van der Waals surface area contributed by atoms with E-state index in [-0.39, 0.29) is 6.10 Å². The van der Waals surface area contributed by atoms with E-state index in [1.54, 1.807) is 31.4 Å². The van der Waals surface area contributed by atoms with Gasteiger partial charge in [0.05, 0.1) is 18.9 Å². The van der Waals surface area contributed by atoms with Crippen LogP contribution in [0.2, 0.25) is 0 Å². The van der Waals surface area contributed by atoms with Gasteiger partial charge in [0.2, 0.25) is 0 Å². The monoisotopic (exact) mass is 356 g/mol. The van der Waals surface area contributed by atoms with Gasteiger partial charge in [-0.15, -0.1) is 0 Å². The average Bonchev–Trinajstić information content (AvgIpc) is 2.63. The molecule has 138 valence electrons. The molecular weight excluding hydrogens is 332 g/mol. The van der Waals surface area contributed by atoms with Crippen LogP contribution < -0.4 is 20.1 Å². The molecule has 0 saturated carbocycles. The fraction of sp³-hybridized carbons (Fsp3) is 0.300. The molecule has 2 amide bonds. The van der Waals surface area contributed by atoms with Crippen LogP contribution in [0.15, 0.2) is 48.5 Å². The lowest BCUT2D eigenvalue weighted by Crippen LogP contribution is -2.36. The molecule has 0 unspecified atom stereocenters. The second-order valence-corrected chi connectivity index (χ2v) is 5.93. The third kappa shape index (κ3) is 5.51. The SMILES string of the molecule is COc1ccccc1CCNC(=O)C(=O)Nc1ccccc1OC(C)C. The molecule has 0 spiro atoms. The van der Waals surface area contributed by atoms with Gasteiger partial charge >= 0.3 is 11.8 Å². The van der Waals surface area contributed by atoms with Crippen molar-refractivity contribution in [1.29, 1.82) is 0 Å². The molecule has 2 rings (SSSR count). The van der Waals surface area contributed by atoms with Crippen molar-refractivity contribution in [2.24, 2.45) is 0 Å². The highest BCUT2D eigenvalue weighted by Crippen LogP contribution is 2.24. The van der Waals surface area contributed by atoms with E-state index in [2.05, 4.69) is 10.6 Å². The van der Waals surface area contributed by atoms with Gasteiger partial charge in [0.1, 0.15) is 11.5 Å². The second kappa shape index (κ2) is 9.46. The Labute approximate surface area is 153 Å². The Kier molecular flexibility index (Phi) is 7.02. The molecule has 2 aromatic rings. The first-order valence-electron chi connectivity index (χ1n) is 8.48. The Balaban J connectivity index is 1.89. The number of ether oxygens (including phenoxy) is 2. The predicted octanol–water partition coefficient (Wildman–Crippen LogP) is 2.78. The smallest absolute Gasteiger partial charge is 0.313 e. The van der Waals surface area contributed by atoms with Crippen LogP contribution in [0.5, 0.6) is 11.5 Å². The molecule has 6 nitrogen and oxygen atoms in total. The van der Waals surface area contributed by atoms with Crippen LogP contribution in [-0.2, 0) is 16.0 Å². The molecule has 0 radical (unpaired) electrons. The van der Waals surface area contributed by atoms with E-state index in [9.17, 15) is 9.59 Å². The number of amides is 2. The molecule has 2 aromatic carbocycles. The first kappa shape index (κ1) is 19.3. The first-order chi connectivity index (χ1) is 12.5. The van der Waals surface area contributed by atoms with Crippen molar-refractivity contribution in [1.82, 2.24) is 5.32 Å². The third-order valence-corrected chi connectivity index (χ3v) is 3.58. The summed E-state index contributed by atoms with van der Waals surface area (Å²) in [5, 5.41) is 5.20. The number of hydrogen-bond acceptors (Lipinski definition) is 4. The number of hydrogen-bond donors (Lipinski definition) is 2. The molecule has 0 aliphatic rings. The number of rotatable bonds is 7. The van der Waals surface area contributed by atoms with Gasteiger partial charge in [0, 0.05) is 6.54 Å². The summed E-state index contributed by atoms with van der Waals surface area (Å²) in [6.45, 7) is 4.11. The van der Waals surface area contributed by atoms with Crippen molar-refractivity contribution in [3.63, 3.8) is 0 Å². The van der Waals surface area contributed by atoms with E-state index in [0.717, 1.165) is 11.3 Å². The van der Waals surface area contributed by atoms with Crippen LogP contribution in [-0.4, -0.2) is 31.6 Å². The van der Waals surface area contributed by atoms with Crippen molar-refractivity contribution in [2.75, 3.05) is 19.0 Å². The summed E-state index contributed by atoms with van der Waals surface area (Å²) in [6, 6.07) is 14.6. The lowest BCUT2D eigenvalue weighted by atomic mass is 10.1. The largest absolute Gasteiger partial charge is 0.496 e. The van der Waals surface area contributed by atoms with Gasteiger partial charge in [-0.2, -0.15) is 0 Å². The van der Waals surface area contributed by atoms with Crippen molar-refractivity contribution in [3.8, 4) is 11.5 Å². The maximum atomic E-state index is 12.1. The van der Waals surface area contributed by atoms with Crippen LogP contribution in [0.3, 0.4) is 0 Å². The van der Waals surface area contributed by atoms with Crippen LogP contribution in [0.4, 0.5) is 5.69 Å². The molecule has 0 atom stereocenters. The Morgan fingerprint density at radius 1 is 0.962 bits per heavy atom. The maximum Gasteiger partial charge on any atom is 0.313 e. The minimum Gasteiger partial charge on any atom is -0.496 e. The molecule has 26 heavy (non-hydrogen) atoms. The van der Waals surface area contributed by atoms with Crippen LogP contribution in [0.25, 0.3) is 0 Å². The standard InChI is InChI=1S/C20H24N2O4/c1-14(2)26-18-11-7-5-9-16(18)22-20(24)19(23)21-13-12-15-8-4-6-10-17(15)25-3/h4-11,14H,12-13H2,1-3H3,(H,21,23)(H,22,24). The van der Waals surface area contributed by atoms with Crippen LogP contribution in [0.1, 0.15) is 19.4 Å². The zero-order valence-corrected chi connectivity index (χ0v) is 15.2. The van der Waals surface area contributed by atoms with Gasteiger partial charge in [-0.3, -0.25) is 9.59 Å². The molecule has 0 bridgehead atoms. The molecule has 0 aliphatic heterocycles. The lowest BCUT2D eigenvalue weighted by molar-refractivity contribution is -0.136. The summed E-state index contributed by atoms with van der Waals surface area (Å²) in [5.41, 5.74) is 1.43. The summed E-state index contributed by atoms with van der Waals surface area (Å²) >= 11 is 0. The predicted molar refractivity (Wildman–Crippen MR) is 101 cm³/mol. The van der Waals surface area contributed by atoms with Crippen molar-refractivity contribution >= 4 is 17.5 Å². The molecule has 0 saturated heterocycles. The van der Waals surface area contributed by atoms with Crippen LogP contribution in [0, 0.1) is 0 Å². The third-order valence-electron chi connectivity index (χ3n) is 3.58. The second-order valence-electron chi connectivity index (χ2n) is 5.93. The highest BCUT2D eigenvalue weighted by atomic mass is 16.5. The number of para-hydroxylation sites is 3. The van der Waals surface area contributed by atoms with Crippen LogP contribution >= 0.6 is 0 Å². The van der Waals surface area contributed by atoms with Gasteiger partial charge in [0.25, 0.3) is 0 Å². The fourth-order valence-corrected chi connectivity index (χ4v) is 2.41. The van der Waals surface area contributed by atoms with E-state index in [1.165, 1.54) is 0 Å². The summed E-state index contributed by atoms with van der Waals surface area (Å²) in [5.74, 6) is -0.146. The first-order valence-corrected chi connectivity index (χ1v) is 8.48. The van der Waals surface area contributed by atoms with Gasteiger partial charge in [-0.25, -0.2) is 0 Å². The maximum absolute atomic E-state index is 12.1. The minimum absolute atomic E-state index is 0.0391. The number of benzene rings is 2. The highest BCUT2D eigenvalue weighted by Gasteiger charge is 2.16. The van der Waals surface area contributed by atoms with Crippen molar-refractivity contribution < 1.29 is 19.1 Å². The molecule has 2 N–H and O–H groups in total. The Hall–Kier alpha value is -3.02. The van der Waals surface area contributed by atoms with Gasteiger partial charge in [-0.1, -0.05) is 30.3 Å². The van der Waals surface area contributed by atoms with E-state index in [0.29, 0.717) is 24.4 Å². The Bertz CT molecular complexity index is 759. The van der Waals surface area contributed by atoms with Gasteiger partial charge in [0.15, 0.2) is 0 Å². The van der Waals surface area contributed by atoms with E-state index in [4.69, 9.17) is 9.47 Å². The molecular formula is C20H24N2O4. The average molecular weight is 356 g/mol. The van der Waals surface area contributed by atoms with E-state index >= 15 is 0 Å². The number of carbonyl (C=O) groups is 2.